The monoisotopic (exact) mass is 420 g/mol. The number of ether oxygens (including phenoxy) is 2. The van der Waals surface area contributed by atoms with E-state index >= 15 is 0 Å². The molecule has 0 N–H and O–H groups in total. The fraction of sp³-hybridized carbons (Fsp3) is 0.238. The molecular weight excluding hydrogens is 401 g/mol. The molecule has 0 amide bonds. The Bertz CT molecular complexity index is 1010. The Balaban J connectivity index is 1.89. The number of aromatic nitrogens is 2. The lowest BCUT2D eigenvalue weighted by Gasteiger charge is -2.13. The molecular formula is C21H19F3N2O2S. The number of aryl methyl sites for hydroxylation is 2. The van der Waals surface area contributed by atoms with Crippen molar-refractivity contribution in [2.24, 2.45) is 0 Å². The highest BCUT2D eigenvalue weighted by molar-refractivity contribution is 7.98. The van der Waals surface area contributed by atoms with E-state index in [1.807, 2.05) is 38.1 Å². The molecule has 4 nitrogen and oxygen atoms in total. The quantitative estimate of drug-likeness (QED) is 0.351. The third kappa shape index (κ3) is 5.63. The molecule has 0 spiro atoms. The van der Waals surface area contributed by atoms with Gasteiger partial charge in [0.05, 0.1) is 7.11 Å². The molecule has 152 valence electrons. The van der Waals surface area contributed by atoms with Crippen LogP contribution in [0.4, 0.5) is 13.2 Å². The third-order valence-electron chi connectivity index (χ3n) is 3.96. The zero-order valence-electron chi connectivity index (χ0n) is 16.1. The molecule has 0 atom stereocenters. The maximum Gasteiger partial charge on any atom is 0.433 e. The van der Waals surface area contributed by atoms with Crippen LogP contribution in [0.25, 0.3) is 0 Å². The van der Waals surface area contributed by atoms with Crippen LogP contribution in [0.5, 0.6) is 17.4 Å². The molecule has 8 heteroatoms. The van der Waals surface area contributed by atoms with Crippen molar-refractivity contribution in [2.45, 2.75) is 30.9 Å². The normalized spacial score (nSPS) is 11.4. The summed E-state index contributed by atoms with van der Waals surface area (Å²) in [6.45, 7) is 3.83. The van der Waals surface area contributed by atoms with Crippen LogP contribution in [0.2, 0.25) is 0 Å². The lowest BCUT2D eigenvalue weighted by Crippen LogP contribution is -2.10. The fourth-order valence-electron chi connectivity index (χ4n) is 2.59. The molecule has 0 unspecified atom stereocenters. The molecule has 0 radical (unpaired) electrons. The SMILES string of the molecule is COc1cc(C)ccc1Oc1cc(C(F)(F)F)nc(SCc2cccc(C)c2)n1. The molecule has 3 aromatic rings. The van der Waals surface area contributed by atoms with E-state index in [9.17, 15) is 13.2 Å². The smallest absolute Gasteiger partial charge is 0.433 e. The second kappa shape index (κ2) is 8.73. The molecule has 0 bridgehead atoms. The Morgan fingerprint density at radius 3 is 2.38 bits per heavy atom. The van der Waals surface area contributed by atoms with E-state index in [1.54, 1.807) is 18.2 Å². The summed E-state index contributed by atoms with van der Waals surface area (Å²) in [5.74, 6) is 0.933. The number of alkyl halides is 3. The highest BCUT2D eigenvalue weighted by Gasteiger charge is 2.34. The lowest BCUT2D eigenvalue weighted by molar-refractivity contribution is -0.141. The van der Waals surface area contributed by atoms with Gasteiger partial charge in [-0.1, -0.05) is 47.7 Å². The van der Waals surface area contributed by atoms with Gasteiger partial charge >= 0.3 is 6.18 Å². The Morgan fingerprint density at radius 1 is 0.931 bits per heavy atom. The minimum atomic E-state index is -4.61. The van der Waals surface area contributed by atoms with Crippen molar-refractivity contribution in [3.05, 3.63) is 70.9 Å². The number of thioether (sulfide) groups is 1. The fourth-order valence-corrected chi connectivity index (χ4v) is 3.38. The molecule has 2 aromatic carbocycles. The highest BCUT2D eigenvalue weighted by atomic mass is 32.2. The summed E-state index contributed by atoms with van der Waals surface area (Å²) in [5.41, 5.74) is 1.92. The molecule has 0 aliphatic carbocycles. The van der Waals surface area contributed by atoms with Gasteiger partial charge < -0.3 is 9.47 Å². The van der Waals surface area contributed by atoms with Gasteiger partial charge in [-0.25, -0.2) is 4.98 Å². The van der Waals surface area contributed by atoms with Crippen molar-refractivity contribution in [2.75, 3.05) is 7.11 Å². The van der Waals surface area contributed by atoms with Gasteiger partial charge in [0.2, 0.25) is 5.88 Å². The maximum atomic E-state index is 13.3. The molecule has 0 fully saturated rings. The lowest BCUT2D eigenvalue weighted by atomic mass is 10.2. The van der Waals surface area contributed by atoms with Gasteiger partial charge in [-0.3, -0.25) is 0 Å². The average Bonchev–Trinajstić information content (AvgIpc) is 2.67. The van der Waals surface area contributed by atoms with E-state index in [0.717, 1.165) is 34.5 Å². The Hall–Kier alpha value is -2.74. The number of nitrogens with zero attached hydrogens (tertiary/aromatic N) is 2. The predicted octanol–water partition coefficient (Wildman–Crippen LogP) is 6.21. The first-order chi connectivity index (χ1) is 13.7. The van der Waals surface area contributed by atoms with Crippen LogP contribution >= 0.6 is 11.8 Å². The predicted molar refractivity (Wildman–Crippen MR) is 106 cm³/mol. The first-order valence-corrected chi connectivity index (χ1v) is 9.70. The zero-order chi connectivity index (χ0) is 21.0. The van der Waals surface area contributed by atoms with E-state index in [4.69, 9.17) is 9.47 Å². The average molecular weight is 420 g/mol. The minimum Gasteiger partial charge on any atom is -0.493 e. The van der Waals surface area contributed by atoms with Gasteiger partial charge in [0, 0.05) is 11.8 Å². The molecule has 0 saturated carbocycles. The van der Waals surface area contributed by atoms with Crippen LogP contribution in [0, 0.1) is 13.8 Å². The van der Waals surface area contributed by atoms with E-state index in [2.05, 4.69) is 9.97 Å². The molecule has 0 aliphatic rings. The summed E-state index contributed by atoms with van der Waals surface area (Å²) in [6.07, 6.45) is -4.61. The van der Waals surface area contributed by atoms with Crippen LogP contribution in [0.15, 0.2) is 53.7 Å². The van der Waals surface area contributed by atoms with Gasteiger partial charge in [-0.05, 0) is 37.1 Å². The second-order valence-corrected chi connectivity index (χ2v) is 7.35. The van der Waals surface area contributed by atoms with E-state index in [-0.39, 0.29) is 16.8 Å². The third-order valence-corrected chi connectivity index (χ3v) is 4.88. The van der Waals surface area contributed by atoms with Gasteiger partial charge in [0.25, 0.3) is 0 Å². The Kier molecular flexibility index (Phi) is 6.32. The van der Waals surface area contributed by atoms with E-state index in [1.165, 1.54) is 7.11 Å². The summed E-state index contributed by atoms with van der Waals surface area (Å²) >= 11 is 1.12. The first kappa shape index (κ1) is 21.0. The van der Waals surface area contributed by atoms with Crippen molar-refractivity contribution in [1.82, 2.24) is 9.97 Å². The number of benzene rings is 2. The first-order valence-electron chi connectivity index (χ1n) is 8.72. The van der Waals surface area contributed by atoms with Crippen LogP contribution < -0.4 is 9.47 Å². The zero-order valence-corrected chi connectivity index (χ0v) is 16.9. The Labute approximate surface area is 171 Å². The number of hydrogen-bond acceptors (Lipinski definition) is 5. The molecule has 1 aromatic heterocycles. The van der Waals surface area contributed by atoms with Crippen LogP contribution in [0.1, 0.15) is 22.4 Å². The minimum absolute atomic E-state index is 0.0117. The second-order valence-electron chi connectivity index (χ2n) is 6.41. The largest absolute Gasteiger partial charge is 0.493 e. The van der Waals surface area contributed by atoms with Gasteiger partial charge in [-0.2, -0.15) is 18.2 Å². The summed E-state index contributed by atoms with van der Waals surface area (Å²) in [6, 6.07) is 13.6. The number of halogens is 3. The van der Waals surface area contributed by atoms with E-state index < -0.39 is 11.9 Å². The summed E-state index contributed by atoms with van der Waals surface area (Å²) in [4.78, 5) is 7.81. The van der Waals surface area contributed by atoms with Crippen LogP contribution in [0.3, 0.4) is 0 Å². The molecule has 1 heterocycles. The molecule has 0 saturated heterocycles. The summed E-state index contributed by atoms with van der Waals surface area (Å²) < 4.78 is 50.8. The number of rotatable bonds is 6. The van der Waals surface area contributed by atoms with Crippen molar-refractivity contribution >= 4 is 11.8 Å². The maximum absolute atomic E-state index is 13.3. The molecule has 29 heavy (non-hydrogen) atoms. The van der Waals surface area contributed by atoms with Crippen molar-refractivity contribution in [1.29, 1.82) is 0 Å². The summed E-state index contributed by atoms with van der Waals surface area (Å²) in [5, 5.41) is -0.0117. The topological polar surface area (TPSA) is 44.2 Å². The Morgan fingerprint density at radius 2 is 1.69 bits per heavy atom. The summed E-state index contributed by atoms with van der Waals surface area (Å²) in [7, 11) is 1.46. The molecule has 0 aliphatic heterocycles. The van der Waals surface area contributed by atoms with Crippen LogP contribution in [-0.4, -0.2) is 17.1 Å². The standard InChI is InChI=1S/C21H19F3N2O2S/c1-13-5-4-6-15(9-13)12-29-20-25-18(21(22,23)24)11-19(26-20)28-16-8-7-14(2)10-17(16)27-3/h4-11H,12H2,1-3H3. The van der Waals surface area contributed by atoms with Crippen molar-refractivity contribution < 1.29 is 22.6 Å². The van der Waals surface area contributed by atoms with E-state index in [0.29, 0.717) is 11.5 Å². The van der Waals surface area contributed by atoms with Crippen molar-refractivity contribution in [3.63, 3.8) is 0 Å². The van der Waals surface area contributed by atoms with Gasteiger partial charge in [-0.15, -0.1) is 0 Å². The number of methoxy groups -OCH3 is 1. The highest BCUT2D eigenvalue weighted by Crippen LogP contribution is 2.36. The van der Waals surface area contributed by atoms with Gasteiger partial charge in [0.1, 0.15) is 0 Å². The van der Waals surface area contributed by atoms with Gasteiger partial charge in [0.15, 0.2) is 22.3 Å². The van der Waals surface area contributed by atoms with Crippen molar-refractivity contribution in [3.8, 4) is 17.4 Å². The molecule has 3 rings (SSSR count). The number of hydrogen-bond donors (Lipinski definition) is 0. The van der Waals surface area contributed by atoms with Crippen LogP contribution in [-0.2, 0) is 11.9 Å².